The number of fused-ring (bicyclic) bond motifs is 10. The number of hydrogen-bond donors (Lipinski definition) is 0. The van der Waals surface area contributed by atoms with Crippen molar-refractivity contribution in [1.29, 1.82) is 0 Å². The van der Waals surface area contributed by atoms with Gasteiger partial charge in [0.2, 0.25) is 0 Å². The maximum Gasteiger partial charge on any atom is 0.123 e. The highest BCUT2D eigenvalue weighted by atomic mass is 19.1. The van der Waals surface area contributed by atoms with Crippen LogP contribution in [0.3, 0.4) is 0 Å². The van der Waals surface area contributed by atoms with E-state index in [4.69, 9.17) is 0 Å². The lowest BCUT2D eigenvalue weighted by Crippen LogP contribution is -2.20. The maximum atomic E-state index is 14.1. The van der Waals surface area contributed by atoms with E-state index in [2.05, 4.69) is 178 Å². The Bertz CT molecular complexity index is 3010. The van der Waals surface area contributed by atoms with Crippen LogP contribution in [0.2, 0.25) is 0 Å². The highest BCUT2D eigenvalue weighted by Gasteiger charge is 2.49. The molecule has 3 aliphatic carbocycles. The molecular formula is C53H43FN2. The Hall–Kier alpha value is -6.19. The minimum Gasteiger partial charge on any atom is -0.310 e. The van der Waals surface area contributed by atoms with Gasteiger partial charge in [0.05, 0.1) is 11.0 Å². The van der Waals surface area contributed by atoms with Gasteiger partial charge in [0.15, 0.2) is 0 Å². The molecule has 0 spiro atoms. The Morgan fingerprint density at radius 3 is 1.61 bits per heavy atom. The zero-order valence-electron chi connectivity index (χ0n) is 32.7. The van der Waals surface area contributed by atoms with E-state index >= 15 is 0 Å². The van der Waals surface area contributed by atoms with Crippen molar-refractivity contribution in [2.24, 2.45) is 0 Å². The highest BCUT2D eigenvalue weighted by molar-refractivity contribution is 6.12. The average molecular weight is 727 g/mol. The van der Waals surface area contributed by atoms with E-state index in [1.54, 1.807) is 12.1 Å². The number of allylic oxidation sites excluding steroid dienone is 2. The van der Waals surface area contributed by atoms with Gasteiger partial charge >= 0.3 is 0 Å². The summed E-state index contributed by atoms with van der Waals surface area (Å²) >= 11 is 0. The van der Waals surface area contributed by atoms with Crippen molar-refractivity contribution in [2.75, 3.05) is 4.90 Å². The topological polar surface area (TPSA) is 8.17 Å². The van der Waals surface area contributed by atoms with Crippen LogP contribution in [0.15, 0.2) is 152 Å². The third-order valence-corrected chi connectivity index (χ3v) is 13.4. The van der Waals surface area contributed by atoms with E-state index in [0.29, 0.717) is 0 Å². The van der Waals surface area contributed by atoms with Gasteiger partial charge in [-0.05, 0) is 128 Å². The van der Waals surface area contributed by atoms with E-state index in [-0.39, 0.29) is 22.1 Å². The Balaban J connectivity index is 1.13. The summed E-state index contributed by atoms with van der Waals surface area (Å²) in [6.45, 7) is 14.3. The first-order valence-electron chi connectivity index (χ1n) is 19.8. The summed E-state index contributed by atoms with van der Waals surface area (Å²) in [6, 6.07) is 54.3. The summed E-state index contributed by atoms with van der Waals surface area (Å²) in [5, 5.41) is 2.32. The van der Waals surface area contributed by atoms with Crippen molar-refractivity contribution < 1.29 is 4.39 Å². The molecule has 0 radical (unpaired) electrons. The third kappa shape index (κ3) is 4.32. The van der Waals surface area contributed by atoms with Crippen LogP contribution in [0.1, 0.15) is 74.9 Å². The van der Waals surface area contributed by atoms with Gasteiger partial charge in [-0.1, -0.05) is 120 Å². The molecule has 0 atom stereocenters. The van der Waals surface area contributed by atoms with Crippen molar-refractivity contribution in [3.8, 4) is 16.8 Å². The molecule has 8 aromatic rings. The van der Waals surface area contributed by atoms with E-state index in [0.717, 1.165) is 44.6 Å². The van der Waals surface area contributed by atoms with Crippen LogP contribution in [0.5, 0.6) is 0 Å². The van der Waals surface area contributed by atoms with Crippen LogP contribution in [0.25, 0.3) is 49.8 Å². The van der Waals surface area contributed by atoms with Gasteiger partial charge in [0, 0.05) is 49.8 Å². The first-order chi connectivity index (χ1) is 27.0. The SMILES string of the molecule is CC1(C)C2=C(c3ccccc31)C(C)(C)c1cc(N(c3ccc4c(c3)C(C)(C)c3ccccc3-4)c3ccc4c(c3)c3ccccc3n4-c3ccc(F)cc3)ccc12. The van der Waals surface area contributed by atoms with Crippen molar-refractivity contribution in [3.05, 3.63) is 191 Å². The maximum absolute atomic E-state index is 14.1. The van der Waals surface area contributed by atoms with Gasteiger partial charge in [-0.2, -0.15) is 0 Å². The van der Waals surface area contributed by atoms with Crippen molar-refractivity contribution in [1.82, 2.24) is 4.57 Å². The molecule has 7 aromatic carbocycles. The fourth-order valence-corrected chi connectivity index (χ4v) is 10.7. The molecule has 0 N–H and O–H groups in total. The number of aromatic nitrogens is 1. The Morgan fingerprint density at radius 1 is 0.411 bits per heavy atom. The second-order valence-electron chi connectivity index (χ2n) is 17.5. The molecule has 11 rings (SSSR count). The van der Waals surface area contributed by atoms with E-state index < -0.39 is 0 Å². The molecule has 0 unspecified atom stereocenters. The lowest BCUT2D eigenvalue weighted by Gasteiger charge is -2.31. The molecule has 3 aliphatic rings. The van der Waals surface area contributed by atoms with E-state index in [1.165, 1.54) is 55.7 Å². The largest absolute Gasteiger partial charge is 0.310 e. The fraction of sp³-hybridized carbons (Fsp3) is 0.170. The zero-order valence-corrected chi connectivity index (χ0v) is 32.7. The summed E-state index contributed by atoms with van der Waals surface area (Å²) in [4.78, 5) is 2.46. The monoisotopic (exact) mass is 726 g/mol. The quantitative estimate of drug-likeness (QED) is 0.175. The molecule has 272 valence electrons. The van der Waals surface area contributed by atoms with Gasteiger partial charge in [0.25, 0.3) is 0 Å². The van der Waals surface area contributed by atoms with Gasteiger partial charge in [-0.3, -0.25) is 0 Å². The molecule has 0 fully saturated rings. The van der Waals surface area contributed by atoms with Crippen molar-refractivity contribution in [2.45, 2.75) is 57.8 Å². The number of para-hydroxylation sites is 1. The van der Waals surface area contributed by atoms with Gasteiger partial charge in [-0.15, -0.1) is 0 Å². The van der Waals surface area contributed by atoms with Crippen LogP contribution in [0.4, 0.5) is 21.5 Å². The first-order valence-corrected chi connectivity index (χ1v) is 19.8. The lowest BCUT2D eigenvalue weighted by atomic mass is 9.75. The summed E-state index contributed by atoms with van der Waals surface area (Å²) in [6.07, 6.45) is 0. The minimum absolute atomic E-state index is 0.0833. The predicted molar refractivity (Wildman–Crippen MR) is 232 cm³/mol. The van der Waals surface area contributed by atoms with Gasteiger partial charge < -0.3 is 9.47 Å². The van der Waals surface area contributed by atoms with Gasteiger partial charge in [0.1, 0.15) is 5.82 Å². The van der Waals surface area contributed by atoms with Crippen LogP contribution in [-0.4, -0.2) is 4.57 Å². The number of benzene rings is 7. The van der Waals surface area contributed by atoms with Crippen LogP contribution < -0.4 is 4.90 Å². The summed E-state index contributed by atoms with van der Waals surface area (Å²) < 4.78 is 16.4. The molecular weight excluding hydrogens is 684 g/mol. The van der Waals surface area contributed by atoms with Crippen LogP contribution >= 0.6 is 0 Å². The molecule has 3 heteroatoms. The number of nitrogens with zero attached hydrogens (tertiary/aromatic N) is 2. The fourth-order valence-electron chi connectivity index (χ4n) is 10.7. The summed E-state index contributed by atoms with van der Waals surface area (Å²) in [5.74, 6) is -0.237. The predicted octanol–water partition coefficient (Wildman–Crippen LogP) is 14.2. The molecule has 0 bridgehead atoms. The Labute approximate surface area is 328 Å². The minimum atomic E-state index is -0.237. The molecule has 0 saturated carbocycles. The summed E-state index contributed by atoms with van der Waals surface area (Å²) in [5.41, 5.74) is 19.9. The molecule has 0 aliphatic heterocycles. The number of rotatable bonds is 4. The molecule has 0 saturated heterocycles. The Morgan fingerprint density at radius 2 is 0.893 bits per heavy atom. The first kappa shape index (κ1) is 33.2. The smallest absolute Gasteiger partial charge is 0.123 e. The zero-order chi connectivity index (χ0) is 38.3. The lowest BCUT2D eigenvalue weighted by molar-refractivity contribution is 0.627. The van der Waals surface area contributed by atoms with Crippen LogP contribution in [0, 0.1) is 5.82 Å². The van der Waals surface area contributed by atoms with Crippen molar-refractivity contribution >= 4 is 50.0 Å². The van der Waals surface area contributed by atoms with Crippen LogP contribution in [-0.2, 0) is 16.2 Å². The summed E-state index contributed by atoms with van der Waals surface area (Å²) in [7, 11) is 0. The average Bonchev–Trinajstić information content (AvgIpc) is 3.83. The number of halogens is 1. The molecule has 56 heavy (non-hydrogen) atoms. The third-order valence-electron chi connectivity index (χ3n) is 13.4. The number of anilines is 3. The van der Waals surface area contributed by atoms with Gasteiger partial charge in [-0.25, -0.2) is 4.39 Å². The molecule has 1 heterocycles. The molecule has 0 amide bonds. The molecule has 2 nitrogen and oxygen atoms in total. The number of hydrogen-bond acceptors (Lipinski definition) is 1. The Kier molecular flexibility index (Phi) is 6.63. The van der Waals surface area contributed by atoms with Crippen molar-refractivity contribution in [3.63, 3.8) is 0 Å². The normalized spacial score (nSPS) is 16.5. The second kappa shape index (κ2) is 11.2. The standard InChI is InChI=1S/C53H43FN2/c1-51(2)43-16-10-7-13-37(43)38-26-23-35(30-45(38)51)55(34-25-28-48-42(29-34)39-14-9-12-18-47(39)56(48)33-21-19-32(54)20-22-33)36-24-27-41-46(31-36)53(5,6)49-40-15-8-11-17-44(40)52(3,4)50(41)49/h7-31H,1-6H3. The highest BCUT2D eigenvalue weighted by Crippen LogP contribution is 2.63. The van der Waals surface area contributed by atoms with E-state index in [1.807, 2.05) is 12.1 Å². The molecule has 1 aromatic heterocycles. The van der Waals surface area contributed by atoms with E-state index in [9.17, 15) is 4.39 Å². The second-order valence-corrected chi connectivity index (χ2v) is 17.5.